The van der Waals surface area contributed by atoms with E-state index in [9.17, 15) is 0 Å². The Balaban J connectivity index is 2.22. The Hall–Kier alpha value is 0.230. The standard InChI is InChI=1S/C13H27NO2S/c1-4-15-13(16-5-2)10-14-11-7-6-8-12(9-11)17-3/h11-14H,4-10H2,1-3H3. The molecule has 0 aromatic heterocycles. The van der Waals surface area contributed by atoms with Crippen LogP contribution in [0.3, 0.4) is 0 Å². The van der Waals surface area contributed by atoms with Gasteiger partial charge in [-0.3, -0.25) is 0 Å². The van der Waals surface area contributed by atoms with E-state index in [1.54, 1.807) is 0 Å². The van der Waals surface area contributed by atoms with Gasteiger partial charge in [-0.05, 0) is 39.4 Å². The second-order valence-electron chi connectivity index (χ2n) is 4.47. The number of nitrogens with one attached hydrogen (secondary N) is 1. The van der Waals surface area contributed by atoms with Crippen LogP contribution in [0.1, 0.15) is 39.5 Å². The number of ether oxygens (including phenoxy) is 2. The van der Waals surface area contributed by atoms with Crippen LogP contribution in [-0.4, -0.2) is 43.6 Å². The monoisotopic (exact) mass is 261 g/mol. The van der Waals surface area contributed by atoms with Gasteiger partial charge in [-0.15, -0.1) is 0 Å². The van der Waals surface area contributed by atoms with E-state index in [4.69, 9.17) is 9.47 Å². The molecule has 0 aliphatic heterocycles. The third kappa shape index (κ3) is 6.09. The van der Waals surface area contributed by atoms with E-state index in [1.165, 1.54) is 25.7 Å². The highest BCUT2D eigenvalue weighted by atomic mass is 32.2. The Bertz CT molecular complexity index is 186. The summed E-state index contributed by atoms with van der Waals surface area (Å²) in [7, 11) is 0. The van der Waals surface area contributed by atoms with Crippen molar-refractivity contribution in [1.82, 2.24) is 5.32 Å². The maximum Gasteiger partial charge on any atom is 0.169 e. The predicted molar refractivity (Wildman–Crippen MR) is 74.6 cm³/mol. The van der Waals surface area contributed by atoms with Gasteiger partial charge in [-0.1, -0.05) is 6.42 Å². The predicted octanol–water partition coefficient (Wildman–Crippen LogP) is 2.65. The molecule has 3 nitrogen and oxygen atoms in total. The van der Waals surface area contributed by atoms with Crippen LogP contribution in [-0.2, 0) is 9.47 Å². The van der Waals surface area contributed by atoms with E-state index in [0.717, 1.165) is 11.8 Å². The first-order valence-corrected chi connectivity index (χ1v) is 8.08. The lowest BCUT2D eigenvalue weighted by atomic mass is 9.95. The zero-order chi connectivity index (χ0) is 12.5. The normalized spacial score (nSPS) is 25.4. The van der Waals surface area contributed by atoms with E-state index in [1.807, 2.05) is 25.6 Å². The minimum atomic E-state index is -0.0837. The molecular weight excluding hydrogens is 234 g/mol. The Kier molecular flexibility index (Phi) is 8.27. The molecule has 0 spiro atoms. The fraction of sp³-hybridized carbons (Fsp3) is 1.00. The van der Waals surface area contributed by atoms with E-state index in [0.29, 0.717) is 19.3 Å². The Morgan fingerprint density at radius 2 is 1.94 bits per heavy atom. The molecule has 0 saturated heterocycles. The van der Waals surface area contributed by atoms with Crippen molar-refractivity contribution in [3.05, 3.63) is 0 Å². The van der Waals surface area contributed by atoms with Crippen LogP contribution in [0.5, 0.6) is 0 Å². The quantitative estimate of drug-likeness (QED) is 0.681. The Morgan fingerprint density at radius 1 is 1.24 bits per heavy atom. The zero-order valence-electron chi connectivity index (χ0n) is 11.4. The van der Waals surface area contributed by atoms with Gasteiger partial charge in [0, 0.05) is 31.1 Å². The first kappa shape index (κ1) is 15.3. The summed E-state index contributed by atoms with van der Waals surface area (Å²) in [5, 5.41) is 4.42. The van der Waals surface area contributed by atoms with Crippen molar-refractivity contribution in [2.75, 3.05) is 26.0 Å². The molecule has 1 N–H and O–H groups in total. The highest BCUT2D eigenvalue weighted by Crippen LogP contribution is 2.26. The lowest BCUT2D eigenvalue weighted by Gasteiger charge is -2.30. The molecule has 17 heavy (non-hydrogen) atoms. The van der Waals surface area contributed by atoms with Crippen LogP contribution in [0.25, 0.3) is 0 Å². The second-order valence-corrected chi connectivity index (χ2v) is 5.61. The van der Waals surface area contributed by atoms with Crippen molar-refractivity contribution in [3.63, 3.8) is 0 Å². The van der Waals surface area contributed by atoms with Crippen molar-refractivity contribution >= 4 is 11.8 Å². The van der Waals surface area contributed by atoms with Gasteiger partial charge in [0.1, 0.15) is 0 Å². The van der Waals surface area contributed by atoms with Gasteiger partial charge in [0.15, 0.2) is 6.29 Å². The van der Waals surface area contributed by atoms with Crippen molar-refractivity contribution in [3.8, 4) is 0 Å². The first-order chi connectivity index (χ1) is 8.30. The first-order valence-electron chi connectivity index (χ1n) is 6.79. The van der Waals surface area contributed by atoms with Gasteiger partial charge in [-0.25, -0.2) is 0 Å². The van der Waals surface area contributed by atoms with Crippen molar-refractivity contribution < 1.29 is 9.47 Å². The molecule has 0 amide bonds. The summed E-state index contributed by atoms with van der Waals surface area (Å²) in [6.45, 7) is 6.26. The number of rotatable bonds is 8. The minimum Gasteiger partial charge on any atom is -0.352 e. The van der Waals surface area contributed by atoms with E-state index in [-0.39, 0.29) is 6.29 Å². The van der Waals surface area contributed by atoms with Gasteiger partial charge in [0.2, 0.25) is 0 Å². The van der Waals surface area contributed by atoms with Crippen LogP contribution in [0.2, 0.25) is 0 Å². The molecule has 1 aliphatic carbocycles. The molecule has 1 fully saturated rings. The third-order valence-corrected chi connectivity index (χ3v) is 4.33. The van der Waals surface area contributed by atoms with Gasteiger partial charge >= 0.3 is 0 Å². The second kappa shape index (κ2) is 9.20. The number of hydrogen-bond donors (Lipinski definition) is 1. The van der Waals surface area contributed by atoms with Crippen molar-refractivity contribution in [2.24, 2.45) is 0 Å². The van der Waals surface area contributed by atoms with E-state index in [2.05, 4.69) is 11.6 Å². The van der Waals surface area contributed by atoms with Gasteiger partial charge in [-0.2, -0.15) is 11.8 Å². The van der Waals surface area contributed by atoms with Gasteiger partial charge in [0.05, 0.1) is 0 Å². The number of thioether (sulfide) groups is 1. The average Bonchev–Trinajstić information content (AvgIpc) is 2.37. The molecule has 0 aromatic carbocycles. The summed E-state index contributed by atoms with van der Waals surface area (Å²) in [4.78, 5) is 0. The lowest BCUT2D eigenvalue weighted by molar-refractivity contribution is -0.134. The fourth-order valence-electron chi connectivity index (χ4n) is 2.35. The van der Waals surface area contributed by atoms with Gasteiger partial charge in [0.25, 0.3) is 0 Å². The van der Waals surface area contributed by atoms with Crippen molar-refractivity contribution in [1.29, 1.82) is 0 Å². The molecule has 0 radical (unpaired) electrons. The maximum absolute atomic E-state index is 5.54. The Labute approximate surface area is 110 Å². The van der Waals surface area contributed by atoms with Crippen LogP contribution >= 0.6 is 11.8 Å². The summed E-state index contributed by atoms with van der Waals surface area (Å²) >= 11 is 2.00. The third-order valence-electron chi connectivity index (χ3n) is 3.24. The van der Waals surface area contributed by atoms with E-state index < -0.39 is 0 Å². The molecule has 1 saturated carbocycles. The smallest absolute Gasteiger partial charge is 0.169 e. The highest BCUT2D eigenvalue weighted by molar-refractivity contribution is 7.99. The summed E-state index contributed by atoms with van der Waals surface area (Å²) in [6, 6.07) is 0.643. The van der Waals surface area contributed by atoms with E-state index >= 15 is 0 Å². The summed E-state index contributed by atoms with van der Waals surface area (Å²) in [5.74, 6) is 0. The Morgan fingerprint density at radius 3 is 2.53 bits per heavy atom. The van der Waals surface area contributed by atoms with Crippen LogP contribution < -0.4 is 5.32 Å². The molecule has 2 atom stereocenters. The van der Waals surface area contributed by atoms with Crippen LogP contribution in [0.15, 0.2) is 0 Å². The number of hydrogen-bond acceptors (Lipinski definition) is 4. The topological polar surface area (TPSA) is 30.5 Å². The molecule has 0 bridgehead atoms. The minimum absolute atomic E-state index is 0.0837. The molecule has 0 aromatic rings. The molecular formula is C13H27NO2S. The molecule has 4 heteroatoms. The molecule has 2 unspecified atom stereocenters. The molecule has 0 heterocycles. The summed E-state index contributed by atoms with van der Waals surface area (Å²) in [6.07, 6.45) is 7.43. The average molecular weight is 261 g/mol. The highest BCUT2D eigenvalue weighted by Gasteiger charge is 2.21. The van der Waals surface area contributed by atoms with Gasteiger partial charge < -0.3 is 14.8 Å². The zero-order valence-corrected chi connectivity index (χ0v) is 12.2. The van der Waals surface area contributed by atoms with Crippen LogP contribution in [0.4, 0.5) is 0 Å². The summed E-state index contributed by atoms with van der Waals surface area (Å²) < 4.78 is 11.1. The maximum atomic E-state index is 5.54. The van der Waals surface area contributed by atoms with Crippen LogP contribution in [0, 0.1) is 0 Å². The van der Waals surface area contributed by atoms with Crippen molar-refractivity contribution in [2.45, 2.75) is 57.1 Å². The summed E-state index contributed by atoms with van der Waals surface area (Å²) in [5.41, 5.74) is 0. The molecule has 1 aliphatic rings. The SMILES string of the molecule is CCOC(CNC1CCCC(SC)C1)OCC. The molecule has 1 rings (SSSR count). The largest absolute Gasteiger partial charge is 0.352 e. The lowest BCUT2D eigenvalue weighted by Crippen LogP contribution is -2.41. The molecule has 102 valence electrons. The fourth-order valence-corrected chi connectivity index (χ4v) is 3.17.